The molecule has 0 bridgehead atoms. The van der Waals surface area contributed by atoms with E-state index in [1.165, 1.54) is 0 Å². The molecule has 0 saturated heterocycles. The van der Waals surface area contributed by atoms with Gasteiger partial charge in [0.2, 0.25) is 0 Å². The third-order valence-electron chi connectivity index (χ3n) is 4.83. The van der Waals surface area contributed by atoms with Crippen molar-refractivity contribution in [1.82, 2.24) is 20.3 Å². The second-order valence-electron chi connectivity index (χ2n) is 7.06. The molecule has 2 aromatic heterocycles. The SMILES string of the molecule is CN(CCCc1cc(-c2ccccc2)n[nH]1)C(=O)c1cc(-c2cccc(Cl)c2)on1. The summed E-state index contributed by atoms with van der Waals surface area (Å²) in [5.74, 6) is 0.335. The topological polar surface area (TPSA) is 75.0 Å². The molecule has 0 saturated carbocycles. The van der Waals surface area contributed by atoms with E-state index in [1.54, 1.807) is 30.1 Å². The van der Waals surface area contributed by atoms with Crippen LogP contribution in [-0.2, 0) is 6.42 Å². The maximum absolute atomic E-state index is 12.6. The molecule has 2 aromatic carbocycles. The number of H-pyrrole nitrogens is 1. The Hall–Kier alpha value is -3.38. The predicted octanol–water partition coefficient (Wildman–Crippen LogP) is 5.09. The van der Waals surface area contributed by atoms with Gasteiger partial charge in [-0.15, -0.1) is 0 Å². The molecule has 4 aromatic rings. The second-order valence-corrected chi connectivity index (χ2v) is 7.50. The summed E-state index contributed by atoms with van der Waals surface area (Å²) >= 11 is 6.01. The molecule has 0 aliphatic carbocycles. The van der Waals surface area contributed by atoms with Crippen LogP contribution in [0.5, 0.6) is 0 Å². The summed E-state index contributed by atoms with van der Waals surface area (Å²) in [6.07, 6.45) is 1.60. The van der Waals surface area contributed by atoms with Crippen LogP contribution in [-0.4, -0.2) is 39.8 Å². The van der Waals surface area contributed by atoms with Crippen LogP contribution in [0.1, 0.15) is 22.6 Å². The van der Waals surface area contributed by atoms with E-state index in [-0.39, 0.29) is 11.6 Å². The zero-order valence-electron chi connectivity index (χ0n) is 16.5. The van der Waals surface area contributed by atoms with Crippen LogP contribution in [0, 0.1) is 0 Å². The number of hydrogen-bond acceptors (Lipinski definition) is 4. The minimum atomic E-state index is -0.179. The molecule has 0 radical (unpaired) electrons. The van der Waals surface area contributed by atoms with Crippen molar-refractivity contribution in [3.05, 3.63) is 83.1 Å². The number of aryl methyl sites for hydroxylation is 1. The molecule has 0 fully saturated rings. The van der Waals surface area contributed by atoms with Gasteiger partial charge in [-0.2, -0.15) is 5.10 Å². The molecular weight excluding hydrogens is 400 g/mol. The van der Waals surface area contributed by atoms with Crippen molar-refractivity contribution in [2.75, 3.05) is 13.6 Å². The molecule has 152 valence electrons. The van der Waals surface area contributed by atoms with Gasteiger partial charge in [0.25, 0.3) is 5.91 Å². The smallest absolute Gasteiger partial charge is 0.275 e. The zero-order chi connectivity index (χ0) is 20.9. The van der Waals surface area contributed by atoms with Crippen LogP contribution in [0.4, 0.5) is 0 Å². The number of benzene rings is 2. The third-order valence-corrected chi connectivity index (χ3v) is 5.06. The van der Waals surface area contributed by atoms with Crippen LogP contribution in [0.15, 0.2) is 71.3 Å². The van der Waals surface area contributed by atoms with E-state index in [4.69, 9.17) is 16.1 Å². The Morgan fingerprint density at radius 1 is 1.07 bits per heavy atom. The molecule has 0 unspecified atom stereocenters. The van der Waals surface area contributed by atoms with Crippen LogP contribution in [0.3, 0.4) is 0 Å². The summed E-state index contributed by atoms with van der Waals surface area (Å²) in [5, 5.41) is 12.0. The van der Waals surface area contributed by atoms with Crippen molar-refractivity contribution in [2.24, 2.45) is 0 Å². The standard InChI is InChI=1S/C23H21ClN4O2/c1-28(12-6-11-19-14-20(26-25-19)16-7-3-2-4-8-16)23(29)21-15-22(30-27-21)17-9-5-10-18(24)13-17/h2-5,7-10,13-15H,6,11-12H2,1H3,(H,25,26). The lowest BCUT2D eigenvalue weighted by Crippen LogP contribution is -2.28. The first-order valence-corrected chi connectivity index (χ1v) is 10.1. The highest BCUT2D eigenvalue weighted by Gasteiger charge is 2.17. The molecule has 1 amide bonds. The van der Waals surface area contributed by atoms with Crippen molar-refractivity contribution in [3.8, 4) is 22.6 Å². The minimum Gasteiger partial charge on any atom is -0.355 e. The summed E-state index contributed by atoms with van der Waals surface area (Å²) in [4.78, 5) is 14.3. The Kier molecular flexibility index (Phi) is 5.95. The number of carbonyl (C=O) groups is 1. The molecule has 6 nitrogen and oxygen atoms in total. The number of carbonyl (C=O) groups excluding carboxylic acids is 1. The van der Waals surface area contributed by atoms with Gasteiger partial charge in [-0.25, -0.2) is 0 Å². The Labute approximate surface area is 179 Å². The van der Waals surface area contributed by atoms with Gasteiger partial charge in [-0.05, 0) is 31.0 Å². The quantitative estimate of drug-likeness (QED) is 0.452. The van der Waals surface area contributed by atoms with Gasteiger partial charge in [0, 0.05) is 41.5 Å². The number of amides is 1. The van der Waals surface area contributed by atoms with E-state index in [9.17, 15) is 4.79 Å². The number of aromatic amines is 1. The maximum atomic E-state index is 12.6. The summed E-state index contributed by atoms with van der Waals surface area (Å²) < 4.78 is 5.33. The van der Waals surface area contributed by atoms with Gasteiger partial charge in [-0.1, -0.05) is 59.2 Å². The van der Waals surface area contributed by atoms with Crippen molar-refractivity contribution in [1.29, 1.82) is 0 Å². The molecule has 0 aliphatic rings. The zero-order valence-corrected chi connectivity index (χ0v) is 17.3. The highest BCUT2D eigenvalue weighted by atomic mass is 35.5. The predicted molar refractivity (Wildman–Crippen MR) is 116 cm³/mol. The van der Waals surface area contributed by atoms with E-state index in [1.807, 2.05) is 48.5 Å². The second kappa shape index (κ2) is 8.97. The molecule has 2 heterocycles. The number of nitrogens with one attached hydrogen (secondary N) is 1. The Morgan fingerprint density at radius 3 is 2.67 bits per heavy atom. The Morgan fingerprint density at radius 2 is 1.87 bits per heavy atom. The van der Waals surface area contributed by atoms with E-state index in [2.05, 4.69) is 15.4 Å². The monoisotopic (exact) mass is 420 g/mol. The normalized spacial score (nSPS) is 10.9. The molecule has 0 spiro atoms. The van der Waals surface area contributed by atoms with Crippen LogP contribution in [0.25, 0.3) is 22.6 Å². The highest BCUT2D eigenvalue weighted by Crippen LogP contribution is 2.24. The highest BCUT2D eigenvalue weighted by molar-refractivity contribution is 6.30. The molecule has 30 heavy (non-hydrogen) atoms. The van der Waals surface area contributed by atoms with E-state index in [0.717, 1.165) is 35.4 Å². The summed E-state index contributed by atoms with van der Waals surface area (Å²) in [6.45, 7) is 0.595. The van der Waals surface area contributed by atoms with Gasteiger partial charge in [0.05, 0.1) is 5.69 Å². The maximum Gasteiger partial charge on any atom is 0.275 e. The third kappa shape index (κ3) is 4.60. The van der Waals surface area contributed by atoms with Crippen molar-refractivity contribution < 1.29 is 9.32 Å². The first kappa shape index (κ1) is 19.9. The number of nitrogens with zero attached hydrogens (tertiary/aromatic N) is 3. The average molecular weight is 421 g/mol. The number of hydrogen-bond donors (Lipinski definition) is 1. The molecule has 0 atom stereocenters. The van der Waals surface area contributed by atoms with Gasteiger partial charge in [0.15, 0.2) is 11.5 Å². The summed E-state index contributed by atoms with van der Waals surface area (Å²) in [5.41, 5.74) is 4.10. The fraction of sp³-hybridized carbons (Fsp3) is 0.174. The lowest BCUT2D eigenvalue weighted by atomic mass is 10.1. The largest absolute Gasteiger partial charge is 0.355 e. The summed E-state index contributed by atoms with van der Waals surface area (Å²) in [6, 6.07) is 21.0. The fourth-order valence-corrected chi connectivity index (χ4v) is 3.39. The van der Waals surface area contributed by atoms with Gasteiger partial charge < -0.3 is 9.42 Å². The number of halogens is 1. The Bertz CT molecular complexity index is 1140. The molecule has 7 heteroatoms. The number of rotatable bonds is 7. The molecular formula is C23H21ClN4O2. The summed E-state index contributed by atoms with van der Waals surface area (Å²) in [7, 11) is 1.76. The van der Waals surface area contributed by atoms with Crippen molar-refractivity contribution in [2.45, 2.75) is 12.8 Å². The molecule has 4 rings (SSSR count). The lowest BCUT2D eigenvalue weighted by Gasteiger charge is -2.14. The lowest BCUT2D eigenvalue weighted by molar-refractivity contribution is 0.0783. The molecule has 1 N–H and O–H groups in total. The first-order valence-electron chi connectivity index (χ1n) is 9.68. The van der Waals surface area contributed by atoms with Crippen LogP contribution < -0.4 is 0 Å². The van der Waals surface area contributed by atoms with Crippen molar-refractivity contribution in [3.63, 3.8) is 0 Å². The van der Waals surface area contributed by atoms with E-state index >= 15 is 0 Å². The fourth-order valence-electron chi connectivity index (χ4n) is 3.20. The van der Waals surface area contributed by atoms with Gasteiger partial charge in [0.1, 0.15) is 0 Å². The van der Waals surface area contributed by atoms with Gasteiger partial charge in [-0.3, -0.25) is 9.89 Å². The molecule has 0 aliphatic heterocycles. The van der Waals surface area contributed by atoms with Crippen LogP contribution >= 0.6 is 11.6 Å². The average Bonchev–Trinajstić information content (AvgIpc) is 3.44. The Balaban J connectivity index is 1.32. The van der Waals surface area contributed by atoms with E-state index < -0.39 is 0 Å². The number of aromatic nitrogens is 3. The minimum absolute atomic E-state index is 0.179. The van der Waals surface area contributed by atoms with Crippen molar-refractivity contribution >= 4 is 17.5 Å². The van der Waals surface area contributed by atoms with Crippen LogP contribution in [0.2, 0.25) is 5.02 Å². The first-order chi connectivity index (χ1) is 14.6. The van der Waals surface area contributed by atoms with E-state index in [0.29, 0.717) is 17.3 Å². The van der Waals surface area contributed by atoms with Gasteiger partial charge >= 0.3 is 0 Å².